The summed E-state index contributed by atoms with van der Waals surface area (Å²) < 4.78 is 11.9. The van der Waals surface area contributed by atoms with Crippen molar-refractivity contribution in [1.29, 1.82) is 0 Å². The summed E-state index contributed by atoms with van der Waals surface area (Å²) in [5.74, 6) is -1.35. The zero-order valence-corrected chi connectivity index (χ0v) is 31.9. The monoisotopic (exact) mass is 746 g/mol. The summed E-state index contributed by atoms with van der Waals surface area (Å²) in [5.41, 5.74) is -1.92. The second-order valence-electron chi connectivity index (χ2n) is 19.2. The minimum Gasteiger partial charge on any atom is -0.481 e. The second-order valence-corrected chi connectivity index (χ2v) is 19.2. The summed E-state index contributed by atoms with van der Waals surface area (Å²) >= 11 is 0. The summed E-state index contributed by atoms with van der Waals surface area (Å²) in [6, 6.07) is 0. The first-order valence-electron chi connectivity index (χ1n) is 19.7. The van der Waals surface area contributed by atoms with Gasteiger partial charge in [0.2, 0.25) is 0 Å². The molecule has 0 radical (unpaired) electrons. The first-order valence-corrected chi connectivity index (χ1v) is 19.7. The van der Waals surface area contributed by atoms with E-state index in [9.17, 15) is 45.6 Å². The van der Waals surface area contributed by atoms with Gasteiger partial charge in [0.1, 0.15) is 25.0 Å². The number of aliphatic hydroxyl groups is 7. The zero-order valence-electron chi connectivity index (χ0n) is 31.9. The number of ether oxygens (including phenoxy) is 2. The van der Waals surface area contributed by atoms with E-state index >= 15 is 0 Å². The summed E-state index contributed by atoms with van der Waals surface area (Å²) in [5, 5.41) is 87.2. The highest BCUT2D eigenvalue weighted by Crippen LogP contribution is 2.77. The van der Waals surface area contributed by atoms with Crippen molar-refractivity contribution in [3.05, 3.63) is 11.6 Å². The number of aliphatic imine (C=N–C) groups is 2. The van der Waals surface area contributed by atoms with E-state index in [0.717, 1.165) is 12.1 Å². The third-order valence-electron chi connectivity index (χ3n) is 16.9. The van der Waals surface area contributed by atoms with Gasteiger partial charge in [-0.05, 0) is 103 Å². The minimum absolute atomic E-state index is 0.00506. The SMILES string of the molecule is C[C@]1(CO)CC[C@]2(C(=O)O)C[C@H](CC3=NCN=C3)[C@]3(C)C(=CC[C@@H]4[C@@]5(C)C[C@@H](O)[C@@H](O[C@@H]6OC[C@@H](O)[C@H](O)[C@H]6O)[C@@](C)([C@H](O)CO)[C@H]5CC[C@]43C)[C@@H]2C1. The molecule has 0 aromatic carbocycles. The van der Waals surface area contributed by atoms with Gasteiger partial charge in [-0.1, -0.05) is 46.3 Å². The Bertz CT molecular complexity index is 1540. The molecule has 13 nitrogen and oxygen atoms in total. The Morgan fingerprint density at radius 3 is 2.36 bits per heavy atom. The second kappa shape index (κ2) is 13.4. The first-order chi connectivity index (χ1) is 24.9. The Morgan fingerprint density at radius 1 is 0.981 bits per heavy atom. The molecule has 53 heavy (non-hydrogen) atoms. The normalized spacial score (nSPS) is 52.7. The van der Waals surface area contributed by atoms with Crippen LogP contribution in [0.3, 0.4) is 0 Å². The lowest BCUT2D eigenvalue weighted by Crippen LogP contribution is -2.71. The van der Waals surface area contributed by atoms with Crippen LogP contribution in [0.4, 0.5) is 0 Å². The molecule has 1 saturated heterocycles. The number of fused-ring (bicyclic) bond motifs is 7. The van der Waals surface area contributed by atoms with Gasteiger partial charge >= 0.3 is 5.97 Å². The molecule has 0 aromatic rings. The van der Waals surface area contributed by atoms with Gasteiger partial charge in [0.15, 0.2) is 6.29 Å². The number of aliphatic hydroxyl groups excluding tert-OH is 7. The van der Waals surface area contributed by atoms with Crippen molar-refractivity contribution < 1.29 is 55.1 Å². The number of rotatable bonds is 8. The molecule has 5 fully saturated rings. The summed E-state index contributed by atoms with van der Waals surface area (Å²) in [6.45, 7) is 10.3. The van der Waals surface area contributed by atoms with E-state index in [1.165, 1.54) is 5.57 Å². The molecule has 2 heterocycles. The van der Waals surface area contributed by atoms with Crippen molar-refractivity contribution in [2.75, 3.05) is 26.5 Å². The maximum absolute atomic E-state index is 13.5. The predicted molar refractivity (Wildman–Crippen MR) is 194 cm³/mol. The molecule has 2 aliphatic heterocycles. The van der Waals surface area contributed by atoms with E-state index in [1.54, 1.807) is 0 Å². The fourth-order valence-corrected chi connectivity index (χ4v) is 13.7. The molecule has 13 heteroatoms. The highest BCUT2D eigenvalue weighted by atomic mass is 16.7. The number of aliphatic carboxylic acids is 1. The van der Waals surface area contributed by atoms with Gasteiger partial charge < -0.3 is 50.3 Å². The van der Waals surface area contributed by atoms with Crippen LogP contribution in [0.15, 0.2) is 21.6 Å². The van der Waals surface area contributed by atoms with Crippen LogP contribution in [-0.2, 0) is 14.3 Å². The number of hydrogen-bond donors (Lipinski definition) is 8. The standard InChI is InChI=1S/C40H62N2O11/c1-35(19-44)10-11-40(34(50)51)13-21(12-22-16-41-20-42-22)39(5)23(24(40)14-35)6-7-27-36(2)15-25(45)32(53-33-31(49)30(48)26(46)18-52-33)38(4,29(47)17-43)28(36)8-9-37(27,39)3/h6,16,21,24-33,43-49H,7-15,17-20H2,1-5H3,(H,50,51)/t21-,24-,25+,26+,27+,28-,29+,30-,31+,32+,33-,35-,36+,37+,38+,39+,40-/m0/s1. The lowest BCUT2D eigenvalue weighted by molar-refractivity contribution is -0.336. The van der Waals surface area contributed by atoms with Gasteiger partial charge in [-0.2, -0.15) is 0 Å². The van der Waals surface area contributed by atoms with Crippen LogP contribution in [0.25, 0.3) is 0 Å². The number of carboxylic acids is 1. The third-order valence-corrected chi connectivity index (χ3v) is 16.9. The van der Waals surface area contributed by atoms with E-state index in [0.29, 0.717) is 58.0 Å². The quantitative estimate of drug-likeness (QED) is 0.133. The van der Waals surface area contributed by atoms with Crippen LogP contribution in [0.5, 0.6) is 0 Å². The summed E-state index contributed by atoms with van der Waals surface area (Å²) in [7, 11) is 0. The largest absolute Gasteiger partial charge is 0.481 e. The topological polar surface area (TPSA) is 222 Å². The fraction of sp³-hybridized carbons (Fsp3) is 0.875. The number of carbonyl (C=O) groups is 1. The molecule has 0 bridgehead atoms. The average molecular weight is 747 g/mol. The Labute approximate surface area is 312 Å². The van der Waals surface area contributed by atoms with Crippen LogP contribution in [0, 0.1) is 56.2 Å². The Morgan fingerprint density at radius 2 is 1.72 bits per heavy atom. The smallest absolute Gasteiger partial charge is 0.310 e. The maximum atomic E-state index is 13.5. The van der Waals surface area contributed by atoms with Crippen LogP contribution < -0.4 is 0 Å². The van der Waals surface area contributed by atoms with Gasteiger partial charge in [-0.3, -0.25) is 14.8 Å². The minimum atomic E-state index is -1.59. The van der Waals surface area contributed by atoms with Gasteiger partial charge in [0.25, 0.3) is 0 Å². The highest BCUT2D eigenvalue weighted by molar-refractivity contribution is 6.31. The van der Waals surface area contributed by atoms with Gasteiger partial charge in [-0.25, -0.2) is 0 Å². The summed E-state index contributed by atoms with van der Waals surface area (Å²) in [4.78, 5) is 22.6. The molecule has 0 amide bonds. The molecule has 8 N–H and O–H groups in total. The molecule has 298 valence electrons. The highest BCUT2D eigenvalue weighted by Gasteiger charge is 2.73. The molecule has 7 aliphatic rings. The Kier molecular flexibility index (Phi) is 9.97. The van der Waals surface area contributed by atoms with E-state index in [-0.39, 0.29) is 42.3 Å². The Balaban J connectivity index is 1.32. The molecular weight excluding hydrogens is 684 g/mol. The maximum Gasteiger partial charge on any atom is 0.310 e. The van der Waals surface area contributed by atoms with Crippen LogP contribution in [-0.4, -0.2) is 128 Å². The number of hydrogen-bond acceptors (Lipinski definition) is 12. The van der Waals surface area contributed by atoms with Crippen molar-refractivity contribution in [2.45, 2.75) is 135 Å². The molecule has 0 spiro atoms. The molecule has 0 aromatic heterocycles. The van der Waals surface area contributed by atoms with E-state index in [1.807, 2.05) is 13.1 Å². The zero-order chi connectivity index (χ0) is 38.5. The summed E-state index contributed by atoms with van der Waals surface area (Å²) in [6.07, 6.45) is -0.0441. The van der Waals surface area contributed by atoms with Crippen LogP contribution in [0.2, 0.25) is 0 Å². The van der Waals surface area contributed by atoms with Crippen molar-refractivity contribution >= 4 is 17.9 Å². The lowest BCUT2D eigenvalue weighted by Gasteiger charge is -2.73. The first kappa shape index (κ1) is 39.4. The number of allylic oxidation sites excluding steroid dienone is 2. The number of nitrogens with zero attached hydrogens (tertiary/aromatic N) is 2. The molecule has 17 atom stereocenters. The van der Waals surface area contributed by atoms with Crippen molar-refractivity contribution in [3.8, 4) is 0 Å². The lowest BCUT2D eigenvalue weighted by atomic mass is 9.31. The molecular formula is C40H62N2O11. The van der Waals surface area contributed by atoms with Crippen LogP contribution >= 0.6 is 0 Å². The predicted octanol–water partition coefficient (Wildman–Crippen LogP) is 2.07. The van der Waals surface area contributed by atoms with Gasteiger partial charge in [-0.15, -0.1) is 0 Å². The van der Waals surface area contributed by atoms with Crippen molar-refractivity contribution in [3.63, 3.8) is 0 Å². The average Bonchev–Trinajstić information content (AvgIpc) is 3.63. The van der Waals surface area contributed by atoms with E-state index in [4.69, 9.17) is 9.47 Å². The fourth-order valence-electron chi connectivity index (χ4n) is 13.7. The third kappa shape index (κ3) is 5.53. The van der Waals surface area contributed by atoms with Crippen molar-refractivity contribution in [1.82, 2.24) is 0 Å². The van der Waals surface area contributed by atoms with Gasteiger partial charge in [0, 0.05) is 18.2 Å². The Hall–Kier alpha value is -1.81. The molecule has 5 aliphatic carbocycles. The van der Waals surface area contributed by atoms with Gasteiger partial charge in [0.05, 0.1) is 42.7 Å². The molecule has 0 unspecified atom stereocenters. The molecule has 7 rings (SSSR count). The van der Waals surface area contributed by atoms with E-state index < -0.39 is 82.6 Å². The molecule has 4 saturated carbocycles. The van der Waals surface area contributed by atoms with Crippen molar-refractivity contribution in [2.24, 2.45) is 66.1 Å². The van der Waals surface area contributed by atoms with Crippen LogP contribution in [0.1, 0.15) is 92.4 Å². The number of carboxylic acid groups (broad SMARTS) is 1. The van der Waals surface area contributed by atoms with E-state index in [2.05, 4.69) is 43.8 Å².